The summed E-state index contributed by atoms with van der Waals surface area (Å²) in [4.78, 5) is 10.9. The highest BCUT2D eigenvalue weighted by Crippen LogP contribution is 2.28. The summed E-state index contributed by atoms with van der Waals surface area (Å²) in [5.74, 6) is -0.862. The summed E-state index contributed by atoms with van der Waals surface area (Å²) in [5.41, 5.74) is 1.57. The summed E-state index contributed by atoms with van der Waals surface area (Å²) >= 11 is 1.67. The molecule has 1 aromatic heterocycles. The smallest absolute Gasteiger partial charge is 0.335 e. The minimum atomic E-state index is -0.862. The number of carboxylic acids is 1. The Kier molecular flexibility index (Phi) is 2.61. The lowest BCUT2D eigenvalue weighted by molar-refractivity contribution is 0.0697. The molecule has 1 aromatic carbocycles. The van der Waals surface area contributed by atoms with Crippen LogP contribution in [0.25, 0.3) is 10.1 Å². The fourth-order valence-corrected chi connectivity index (χ4v) is 2.84. The standard InChI is InChI=1S/C13H13NO2S/c15-13(16)8-1-4-12-11(5-8)9(7-17-12)6-14-10-2-3-10/h1,4-5,7,10,14H,2-3,6H2,(H,15,16). The van der Waals surface area contributed by atoms with Crippen LogP contribution in [-0.4, -0.2) is 17.1 Å². The molecule has 0 saturated heterocycles. The van der Waals surface area contributed by atoms with Crippen molar-refractivity contribution in [3.8, 4) is 0 Å². The van der Waals surface area contributed by atoms with Gasteiger partial charge in [0, 0.05) is 17.3 Å². The van der Waals surface area contributed by atoms with Gasteiger partial charge in [-0.25, -0.2) is 4.79 Å². The fraction of sp³-hybridized carbons (Fsp3) is 0.308. The van der Waals surface area contributed by atoms with Gasteiger partial charge in [-0.05, 0) is 47.4 Å². The fourth-order valence-electron chi connectivity index (χ4n) is 1.89. The van der Waals surface area contributed by atoms with Crippen LogP contribution in [0.4, 0.5) is 0 Å². The molecule has 4 heteroatoms. The molecule has 17 heavy (non-hydrogen) atoms. The lowest BCUT2D eigenvalue weighted by Crippen LogP contribution is -2.14. The molecule has 0 bridgehead atoms. The summed E-state index contributed by atoms with van der Waals surface area (Å²) in [6.45, 7) is 0.841. The number of benzene rings is 1. The summed E-state index contributed by atoms with van der Waals surface area (Å²) in [6, 6.07) is 6.01. The SMILES string of the molecule is O=C(O)c1ccc2scc(CNC3CC3)c2c1. The highest BCUT2D eigenvalue weighted by Gasteiger charge is 2.20. The van der Waals surface area contributed by atoms with Crippen LogP contribution in [0.5, 0.6) is 0 Å². The van der Waals surface area contributed by atoms with Crippen LogP contribution in [0.3, 0.4) is 0 Å². The largest absolute Gasteiger partial charge is 0.478 e. The van der Waals surface area contributed by atoms with Gasteiger partial charge in [-0.1, -0.05) is 0 Å². The quantitative estimate of drug-likeness (QED) is 0.873. The Labute approximate surface area is 103 Å². The summed E-state index contributed by atoms with van der Waals surface area (Å²) in [6.07, 6.45) is 2.53. The predicted molar refractivity (Wildman–Crippen MR) is 68.6 cm³/mol. The van der Waals surface area contributed by atoms with E-state index in [9.17, 15) is 4.79 Å². The molecule has 1 aliphatic carbocycles. The van der Waals surface area contributed by atoms with E-state index in [0.717, 1.165) is 16.6 Å². The average molecular weight is 247 g/mol. The zero-order chi connectivity index (χ0) is 11.8. The Bertz CT molecular complexity index is 572. The first-order valence-electron chi connectivity index (χ1n) is 5.71. The Hall–Kier alpha value is -1.39. The van der Waals surface area contributed by atoms with E-state index in [1.807, 2.05) is 6.07 Å². The van der Waals surface area contributed by atoms with Crippen LogP contribution < -0.4 is 5.32 Å². The van der Waals surface area contributed by atoms with Crippen LogP contribution in [0.1, 0.15) is 28.8 Å². The molecule has 0 aliphatic heterocycles. The molecule has 3 rings (SSSR count). The second-order valence-corrected chi connectivity index (χ2v) is 5.34. The van der Waals surface area contributed by atoms with Crippen LogP contribution >= 0.6 is 11.3 Å². The van der Waals surface area contributed by atoms with Gasteiger partial charge in [-0.3, -0.25) is 0 Å². The monoisotopic (exact) mass is 247 g/mol. The Morgan fingerprint density at radius 1 is 1.47 bits per heavy atom. The molecule has 0 atom stereocenters. The average Bonchev–Trinajstić information content (AvgIpc) is 3.06. The molecule has 1 aliphatic rings. The molecule has 1 fully saturated rings. The zero-order valence-corrected chi connectivity index (χ0v) is 10.1. The van der Waals surface area contributed by atoms with Crippen molar-refractivity contribution in [1.82, 2.24) is 5.32 Å². The van der Waals surface area contributed by atoms with Gasteiger partial charge in [0.15, 0.2) is 0 Å². The van der Waals surface area contributed by atoms with E-state index >= 15 is 0 Å². The van der Waals surface area contributed by atoms with Gasteiger partial charge in [0.1, 0.15) is 0 Å². The third-order valence-electron chi connectivity index (χ3n) is 3.06. The number of fused-ring (bicyclic) bond motifs is 1. The molecule has 3 nitrogen and oxygen atoms in total. The molecule has 88 valence electrons. The highest BCUT2D eigenvalue weighted by atomic mass is 32.1. The minimum absolute atomic E-state index is 0.364. The van der Waals surface area contributed by atoms with Crippen molar-refractivity contribution >= 4 is 27.4 Å². The highest BCUT2D eigenvalue weighted by molar-refractivity contribution is 7.17. The number of carboxylic acid groups (broad SMARTS) is 1. The summed E-state index contributed by atoms with van der Waals surface area (Å²) < 4.78 is 1.16. The Morgan fingerprint density at radius 3 is 3.00 bits per heavy atom. The normalized spacial score (nSPS) is 15.3. The molecule has 0 spiro atoms. The van der Waals surface area contributed by atoms with E-state index in [4.69, 9.17) is 5.11 Å². The van der Waals surface area contributed by atoms with Gasteiger partial charge < -0.3 is 10.4 Å². The summed E-state index contributed by atoms with van der Waals surface area (Å²) in [7, 11) is 0. The van der Waals surface area contributed by atoms with Gasteiger partial charge in [-0.15, -0.1) is 11.3 Å². The van der Waals surface area contributed by atoms with Crippen molar-refractivity contribution in [2.75, 3.05) is 0 Å². The zero-order valence-electron chi connectivity index (χ0n) is 9.27. The third-order valence-corrected chi connectivity index (χ3v) is 4.07. The van der Waals surface area contributed by atoms with Crippen molar-refractivity contribution in [2.45, 2.75) is 25.4 Å². The lowest BCUT2D eigenvalue weighted by atomic mass is 10.1. The van der Waals surface area contributed by atoms with E-state index in [2.05, 4.69) is 10.7 Å². The van der Waals surface area contributed by atoms with Crippen molar-refractivity contribution in [1.29, 1.82) is 0 Å². The molecule has 2 N–H and O–H groups in total. The van der Waals surface area contributed by atoms with Gasteiger partial charge in [0.25, 0.3) is 0 Å². The van der Waals surface area contributed by atoms with Gasteiger partial charge in [0.2, 0.25) is 0 Å². The number of aromatic carboxylic acids is 1. The van der Waals surface area contributed by atoms with Crippen molar-refractivity contribution in [3.05, 3.63) is 34.7 Å². The van der Waals surface area contributed by atoms with Gasteiger partial charge in [0.05, 0.1) is 5.56 Å². The molecule has 2 aromatic rings. The molecule has 1 saturated carbocycles. The molecule has 1 heterocycles. The molecular weight excluding hydrogens is 234 g/mol. The van der Waals surface area contributed by atoms with E-state index < -0.39 is 5.97 Å². The van der Waals surface area contributed by atoms with Crippen molar-refractivity contribution < 1.29 is 9.90 Å². The number of thiophene rings is 1. The van der Waals surface area contributed by atoms with Crippen LogP contribution in [0.2, 0.25) is 0 Å². The van der Waals surface area contributed by atoms with Gasteiger partial charge in [-0.2, -0.15) is 0 Å². The number of carbonyl (C=O) groups is 1. The third kappa shape index (κ3) is 2.18. The second kappa shape index (κ2) is 4.13. The molecule has 0 radical (unpaired) electrons. The Morgan fingerprint density at radius 2 is 2.29 bits per heavy atom. The van der Waals surface area contributed by atoms with E-state index in [-0.39, 0.29) is 0 Å². The van der Waals surface area contributed by atoms with E-state index in [1.54, 1.807) is 23.5 Å². The first-order valence-corrected chi connectivity index (χ1v) is 6.59. The lowest BCUT2D eigenvalue weighted by Gasteiger charge is -2.02. The van der Waals surface area contributed by atoms with Crippen LogP contribution in [-0.2, 0) is 6.54 Å². The number of hydrogen-bond donors (Lipinski definition) is 2. The molecule has 0 amide bonds. The van der Waals surface area contributed by atoms with E-state index in [1.165, 1.54) is 18.4 Å². The number of rotatable bonds is 4. The minimum Gasteiger partial charge on any atom is -0.478 e. The van der Waals surface area contributed by atoms with E-state index in [0.29, 0.717) is 11.6 Å². The van der Waals surface area contributed by atoms with Crippen molar-refractivity contribution in [3.63, 3.8) is 0 Å². The van der Waals surface area contributed by atoms with Crippen molar-refractivity contribution in [2.24, 2.45) is 0 Å². The predicted octanol–water partition coefficient (Wildman–Crippen LogP) is 2.85. The van der Waals surface area contributed by atoms with Crippen LogP contribution in [0, 0.1) is 0 Å². The first kappa shape index (κ1) is 10.7. The number of hydrogen-bond acceptors (Lipinski definition) is 3. The Balaban J connectivity index is 1.93. The maximum absolute atomic E-state index is 10.9. The summed E-state index contributed by atoms with van der Waals surface area (Å²) in [5, 5.41) is 15.6. The second-order valence-electron chi connectivity index (χ2n) is 4.43. The van der Waals surface area contributed by atoms with Gasteiger partial charge >= 0.3 is 5.97 Å². The molecular formula is C13H13NO2S. The van der Waals surface area contributed by atoms with Crippen LogP contribution in [0.15, 0.2) is 23.6 Å². The number of nitrogens with one attached hydrogen (secondary N) is 1. The topological polar surface area (TPSA) is 49.3 Å². The maximum atomic E-state index is 10.9. The first-order chi connectivity index (χ1) is 8.24. The molecule has 0 unspecified atom stereocenters. The maximum Gasteiger partial charge on any atom is 0.335 e.